The number of halogens is 3. The highest BCUT2D eigenvalue weighted by Gasteiger charge is 2.25. The fourth-order valence-electron chi connectivity index (χ4n) is 2.57. The Morgan fingerprint density at radius 2 is 1.48 bits per heavy atom. The molecule has 0 aliphatic carbocycles. The van der Waals surface area contributed by atoms with Crippen LogP contribution < -0.4 is 0 Å². The maximum absolute atomic E-state index is 11.8. The van der Waals surface area contributed by atoms with Crippen molar-refractivity contribution in [3.8, 4) is 0 Å². The van der Waals surface area contributed by atoms with E-state index in [2.05, 4.69) is 47.8 Å². The van der Waals surface area contributed by atoms with Crippen LogP contribution in [0, 0.1) is 0 Å². The minimum atomic E-state index is -0.807. The number of nitrogens with zero attached hydrogens (tertiary/aromatic N) is 2. The van der Waals surface area contributed by atoms with Gasteiger partial charge in [-0.2, -0.15) is 0 Å². The lowest BCUT2D eigenvalue weighted by Gasteiger charge is -2.31. The van der Waals surface area contributed by atoms with Gasteiger partial charge in [-0.25, -0.2) is 9.59 Å². The number of carboxylic acid groups (broad SMARTS) is 1. The summed E-state index contributed by atoms with van der Waals surface area (Å²) in [6.45, 7) is 8.37. The third kappa shape index (κ3) is 9.47. The van der Waals surface area contributed by atoms with Gasteiger partial charge in [0.2, 0.25) is 0 Å². The molecule has 1 N–H and O–H groups in total. The normalized spacial score (nSPS) is 17.7. The van der Waals surface area contributed by atoms with E-state index in [9.17, 15) is 9.59 Å². The van der Waals surface area contributed by atoms with Crippen molar-refractivity contribution in [1.29, 1.82) is 0 Å². The molecule has 0 unspecified atom stereocenters. The van der Waals surface area contributed by atoms with Crippen LogP contribution in [-0.2, 0) is 4.74 Å². The van der Waals surface area contributed by atoms with E-state index in [1.54, 1.807) is 4.90 Å². The molecule has 0 aromatic rings. The lowest BCUT2D eigenvalue weighted by Crippen LogP contribution is -2.40. The molecule has 2 saturated heterocycles. The van der Waals surface area contributed by atoms with Gasteiger partial charge in [0.25, 0.3) is 0 Å². The molecule has 0 atom stereocenters. The van der Waals surface area contributed by atoms with Crippen LogP contribution in [0.25, 0.3) is 0 Å². The molecule has 154 valence electrons. The average molecular weight is 575 g/mol. The van der Waals surface area contributed by atoms with E-state index in [0.29, 0.717) is 13.1 Å². The summed E-state index contributed by atoms with van der Waals surface area (Å²) in [6.07, 6.45) is 2.49. The Morgan fingerprint density at radius 3 is 1.85 bits per heavy atom. The molecule has 0 radical (unpaired) electrons. The zero-order valence-electron chi connectivity index (χ0n) is 15.9. The number of amides is 2. The molecule has 2 aliphatic rings. The first-order chi connectivity index (χ1) is 12.5. The number of piperidine rings is 2. The zero-order chi connectivity index (χ0) is 20.6. The maximum Gasteiger partial charge on any atom is 0.410 e. The Kier molecular flexibility index (Phi) is 10.4. The van der Waals surface area contributed by atoms with Crippen molar-refractivity contribution >= 4 is 60.0 Å². The third-order valence-electron chi connectivity index (χ3n) is 4.12. The summed E-state index contributed by atoms with van der Waals surface area (Å²) in [4.78, 5) is 27.3. The predicted molar refractivity (Wildman–Crippen MR) is 118 cm³/mol. The lowest BCUT2D eigenvalue weighted by atomic mass is 10.1. The molecule has 0 aromatic heterocycles. The Bertz CT molecular complexity index is 576. The molecule has 6 nitrogen and oxygen atoms in total. The van der Waals surface area contributed by atoms with Crippen molar-refractivity contribution in [2.24, 2.45) is 0 Å². The van der Waals surface area contributed by atoms with Gasteiger partial charge >= 0.3 is 12.2 Å². The van der Waals surface area contributed by atoms with E-state index < -0.39 is 11.7 Å². The molecule has 27 heavy (non-hydrogen) atoms. The third-order valence-corrected chi connectivity index (χ3v) is 5.89. The van der Waals surface area contributed by atoms with E-state index in [0.717, 1.165) is 42.2 Å². The summed E-state index contributed by atoms with van der Waals surface area (Å²) < 4.78 is 6.34. The summed E-state index contributed by atoms with van der Waals surface area (Å²) in [5.74, 6) is 0. The van der Waals surface area contributed by atoms with Gasteiger partial charge in [-0.05, 0) is 88.9 Å². The van der Waals surface area contributed by atoms with E-state index in [4.69, 9.17) is 9.84 Å². The summed E-state index contributed by atoms with van der Waals surface area (Å²) in [5.41, 5.74) is 2.20. The van der Waals surface area contributed by atoms with Crippen molar-refractivity contribution < 1.29 is 19.4 Å². The number of likely N-dealkylation sites (tertiary alicyclic amines) is 2. The summed E-state index contributed by atoms with van der Waals surface area (Å²) in [5, 5.41) is 8.59. The topological polar surface area (TPSA) is 70.1 Å². The monoisotopic (exact) mass is 572 g/mol. The van der Waals surface area contributed by atoms with E-state index in [-0.39, 0.29) is 6.09 Å². The Labute approximate surface area is 186 Å². The quantitative estimate of drug-likeness (QED) is 0.382. The molecule has 0 aromatic carbocycles. The van der Waals surface area contributed by atoms with Gasteiger partial charge < -0.3 is 19.6 Å². The number of carbonyl (C=O) groups is 2. The van der Waals surface area contributed by atoms with Gasteiger partial charge in [-0.3, -0.25) is 0 Å². The van der Waals surface area contributed by atoms with Crippen LogP contribution in [-0.4, -0.2) is 58.9 Å². The van der Waals surface area contributed by atoms with Gasteiger partial charge in [0.1, 0.15) is 5.60 Å². The van der Waals surface area contributed by atoms with Crippen LogP contribution in [0.15, 0.2) is 19.5 Å². The molecule has 2 amide bonds. The smallest absolute Gasteiger partial charge is 0.410 e. The molecule has 2 heterocycles. The minimum Gasteiger partial charge on any atom is -0.465 e. The Hall–Kier alpha value is -0.540. The molecule has 0 saturated carbocycles. The minimum absolute atomic E-state index is 0.211. The molecule has 2 fully saturated rings. The molecule has 2 aliphatic heterocycles. The lowest BCUT2D eigenvalue weighted by molar-refractivity contribution is 0.0236. The fraction of sp³-hybridized carbons (Fsp3) is 0.667. The second kappa shape index (κ2) is 11.5. The summed E-state index contributed by atoms with van der Waals surface area (Å²) in [6, 6.07) is 0. The highest BCUT2D eigenvalue weighted by atomic mass is 79.9. The van der Waals surface area contributed by atoms with Crippen molar-refractivity contribution in [2.45, 2.75) is 52.1 Å². The SMILES string of the molecule is CC(C)(C)OC(=O)N1CCC(=C(Br)Br)CC1.O=C(O)N1CCC(=CBr)CC1. The first-order valence-electron chi connectivity index (χ1n) is 8.80. The molecule has 2 rings (SSSR count). The van der Waals surface area contributed by atoms with Crippen molar-refractivity contribution in [1.82, 2.24) is 9.80 Å². The molecule has 9 heteroatoms. The highest BCUT2D eigenvalue weighted by Crippen LogP contribution is 2.28. The van der Waals surface area contributed by atoms with Crippen LogP contribution in [0.2, 0.25) is 0 Å². The molecular weight excluding hydrogens is 548 g/mol. The van der Waals surface area contributed by atoms with Crippen LogP contribution in [0.3, 0.4) is 0 Å². The van der Waals surface area contributed by atoms with Crippen molar-refractivity contribution in [2.75, 3.05) is 26.2 Å². The second-order valence-corrected chi connectivity index (χ2v) is 10.5. The van der Waals surface area contributed by atoms with Crippen LogP contribution in [0.4, 0.5) is 9.59 Å². The molecule has 0 bridgehead atoms. The standard InChI is InChI=1S/C11H17Br2NO2.C7H10BrNO2/c1-11(2,3)16-10(15)14-6-4-8(5-7-14)9(12)13;8-5-6-1-3-9(4-2-6)7(10)11/h4-7H2,1-3H3;5H,1-4H2,(H,10,11). The first-order valence-corrected chi connectivity index (χ1v) is 11.3. The Morgan fingerprint density at radius 1 is 1.00 bits per heavy atom. The number of ether oxygens (including phenoxy) is 1. The summed E-state index contributed by atoms with van der Waals surface area (Å²) in [7, 11) is 0. The number of hydrogen-bond acceptors (Lipinski definition) is 3. The zero-order valence-corrected chi connectivity index (χ0v) is 20.7. The number of carbonyl (C=O) groups excluding carboxylic acids is 1. The van der Waals surface area contributed by atoms with Gasteiger partial charge in [-0.1, -0.05) is 21.5 Å². The predicted octanol–water partition coefficient (Wildman–Crippen LogP) is 6.06. The van der Waals surface area contributed by atoms with Crippen LogP contribution in [0.1, 0.15) is 46.5 Å². The van der Waals surface area contributed by atoms with E-state index in [1.165, 1.54) is 16.0 Å². The van der Waals surface area contributed by atoms with Crippen molar-refractivity contribution in [3.63, 3.8) is 0 Å². The second-order valence-electron chi connectivity index (χ2n) is 7.37. The highest BCUT2D eigenvalue weighted by molar-refractivity contribution is 9.28. The van der Waals surface area contributed by atoms with Gasteiger partial charge in [-0.15, -0.1) is 0 Å². The van der Waals surface area contributed by atoms with Crippen LogP contribution in [0.5, 0.6) is 0 Å². The first kappa shape index (κ1) is 24.5. The van der Waals surface area contributed by atoms with Gasteiger partial charge in [0.15, 0.2) is 0 Å². The van der Waals surface area contributed by atoms with Gasteiger partial charge in [0.05, 0.1) is 3.39 Å². The van der Waals surface area contributed by atoms with Crippen LogP contribution >= 0.6 is 47.8 Å². The number of rotatable bonds is 0. The van der Waals surface area contributed by atoms with E-state index >= 15 is 0 Å². The maximum atomic E-state index is 11.8. The number of hydrogen-bond donors (Lipinski definition) is 1. The van der Waals surface area contributed by atoms with Crippen molar-refractivity contribution in [3.05, 3.63) is 19.5 Å². The molecule has 0 spiro atoms. The largest absolute Gasteiger partial charge is 0.465 e. The Balaban J connectivity index is 0.000000289. The van der Waals surface area contributed by atoms with Gasteiger partial charge in [0, 0.05) is 26.2 Å². The van der Waals surface area contributed by atoms with E-state index in [1.807, 2.05) is 25.8 Å². The average Bonchev–Trinajstić information content (AvgIpc) is 2.61. The fourth-order valence-corrected chi connectivity index (χ4v) is 3.82. The molecular formula is C18H27Br3N2O4. The summed E-state index contributed by atoms with van der Waals surface area (Å²) >= 11 is 10.0.